The molecular weight excluding hydrogens is 362 g/mol. The molecule has 0 atom stereocenters. The Balaban J connectivity index is 1.87. The lowest BCUT2D eigenvalue weighted by molar-refractivity contribution is -0.116. The predicted molar refractivity (Wildman–Crippen MR) is 95.4 cm³/mol. The first-order valence-electron chi connectivity index (χ1n) is 7.87. The molecule has 0 aliphatic rings. The molecular formula is C18H16F2N2O3S. The fourth-order valence-electron chi connectivity index (χ4n) is 2.50. The largest absolute Gasteiger partial charge is 0.458 e. The molecule has 0 aliphatic heterocycles. The molecule has 1 N–H and O–H groups in total. The van der Waals surface area contributed by atoms with Crippen molar-refractivity contribution in [2.45, 2.75) is 26.5 Å². The summed E-state index contributed by atoms with van der Waals surface area (Å²) in [6, 6.07) is 6.27. The highest BCUT2D eigenvalue weighted by Gasteiger charge is 2.21. The summed E-state index contributed by atoms with van der Waals surface area (Å²) in [6.45, 7) is 3.22. The van der Waals surface area contributed by atoms with Gasteiger partial charge in [-0.15, -0.1) is 11.3 Å². The fourth-order valence-corrected chi connectivity index (χ4v) is 3.40. The SMILES string of the molecule is CC(C)OC(=O)c1cc2ccsc2n1CC(=O)Nc1cc(F)ccc1F. The van der Waals surface area contributed by atoms with Crippen LogP contribution >= 0.6 is 11.3 Å². The van der Waals surface area contributed by atoms with Crippen LogP contribution in [0.1, 0.15) is 24.3 Å². The second-order valence-corrected chi connectivity index (χ2v) is 6.82. The third-order valence-electron chi connectivity index (χ3n) is 3.56. The van der Waals surface area contributed by atoms with Gasteiger partial charge in [-0.3, -0.25) is 4.79 Å². The summed E-state index contributed by atoms with van der Waals surface area (Å²) in [5.41, 5.74) is -0.0219. The van der Waals surface area contributed by atoms with Gasteiger partial charge in [-0.25, -0.2) is 13.6 Å². The number of nitrogens with one attached hydrogen (secondary N) is 1. The number of nitrogens with zero attached hydrogens (tertiary/aromatic N) is 1. The summed E-state index contributed by atoms with van der Waals surface area (Å²) in [6.07, 6.45) is -0.306. The highest BCUT2D eigenvalue weighted by Crippen LogP contribution is 2.26. The molecule has 2 aromatic heterocycles. The molecule has 0 fully saturated rings. The van der Waals surface area contributed by atoms with Crippen LogP contribution in [0.25, 0.3) is 10.2 Å². The molecule has 1 aromatic carbocycles. The lowest BCUT2D eigenvalue weighted by atomic mass is 10.3. The van der Waals surface area contributed by atoms with Crippen LogP contribution < -0.4 is 5.32 Å². The number of hydrogen-bond donors (Lipinski definition) is 1. The highest BCUT2D eigenvalue weighted by atomic mass is 32.1. The Bertz CT molecular complexity index is 978. The number of aromatic nitrogens is 1. The van der Waals surface area contributed by atoms with Gasteiger partial charge in [-0.05, 0) is 43.5 Å². The smallest absolute Gasteiger partial charge is 0.355 e. The number of anilines is 1. The van der Waals surface area contributed by atoms with Gasteiger partial charge >= 0.3 is 5.97 Å². The van der Waals surface area contributed by atoms with E-state index in [4.69, 9.17) is 4.74 Å². The quantitative estimate of drug-likeness (QED) is 0.678. The van der Waals surface area contributed by atoms with Crippen LogP contribution in [-0.2, 0) is 16.1 Å². The molecule has 2 heterocycles. The zero-order chi connectivity index (χ0) is 18.8. The highest BCUT2D eigenvalue weighted by molar-refractivity contribution is 7.16. The zero-order valence-corrected chi connectivity index (χ0v) is 14.9. The fraction of sp³-hybridized carbons (Fsp3) is 0.222. The minimum atomic E-state index is -0.743. The molecule has 1 amide bonds. The maximum atomic E-state index is 13.7. The van der Waals surface area contributed by atoms with Crippen LogP contribution in [0.4, 0.5) is 14.5 Å². The number of rotatable bonds is 5. The zero-order valence-electron chi connectivity index (χ0n) is 14.1. The van der Waals surface area contributed by atoms with Gasteiger partial charge in [0.05, 0.1) is 11.8 Å². The van der Waals surface area contributed by atoms with Crippen molar-refractivity contribution in [3.05, 3.63) is 53.0 Å². The van der Waals surface area contributed by atoms with Crippen LogP contribution in [0.5, 0.6) is 0 Å². The van der Waals surface area contributed by atoms with Gasteiger partial charge in [0.25, 0.3) is 0 Å². The molecule has 0 saturated carbocycles. The Morgan fingerprint density at radius 1 is 1.23 bits per heavy atom. The lowest BCUT2D eigenvalue weighted by Gasteiger charge is -2.12. The van der Waals surface area contributed by atoms with E-state index in [9.17, 15) is 18.4 Å². The molecule has 5 nitrogen and oxygen atoms in total. The first-order valence-corrected chi connectivity index (χ1v) is 8.75. The van der Waals surface area contributed by atoms with E-state index in [1.54, 1.807) is 19.9 Å². The summed E-state index contributed by atoms with van der Waals surface area (Å²) < 4.78 is 33.7. The first kappa shape index (κ1) is 18.1. The summed E-state index contributed by atoms with van der Waals surface area (Å²) in [4.78, 5) is 25.4. The third kappa shape index (κ3) is 3.75. The van der Waals surface area contributed by atoms with E-state index in [-0.39, 0.29) is 24.0 Å². The average Bonchev–Trinajstić information content (AvgIpc) is 3.13. The lowest BCUT2D eigenvalue weighted by Crippen LogP contribution is -2.23. The van der Waals surface area contributed by atoms with Gasteiger partial charge < -0.3 is 14.6 Å². The van der Waals surface area contributed by atoms with Crippen molar-refractivity contribution in [2.75, 3.05) is 5.32 Å². The van der Waals surface area contributed by atoms with E-state index < -0.39 is 23.5 Å². The number of fused-ring (bicyclic) bond motifs is 1. The third-order valence-corrected chi connectivity index (χ3v) is 4.51. The van der Waals surface area contributed by atoms with Gasteiger partial charge in [-0.2, -0.15) is 0 Å². The molecule has 0 unspecified atom stereocenters. The Morgan fingerprint density at radius 3 is 2.73 bits per heavy atom. The minimum absolute atomic E-state index is 0.232. The maximum Gasteiger partial charge on any atom is 0.355 e. The summed E-state index contributed by atoms with van der Waals surface area (Å²) in [5.74, 6) is -2.54. The first-order chi connectivity index (χ1) is 12.3. The van der Waals surface area contributed by atoms with Crippen LogP contribution in [0.15, 0.2) is 35.7 Å². The number of ether oxygens (including phenoxy) is 1. The monoisotopic (exact) mass is 378 g/mol. The summed E-state index contributed by atoms with van der Waals surface area (Å²) >= 11 is 1.37. The van der Waals surface area contributed by atoms with Crippen molar-refractivity contribution < 1.29 is 23.1 Å². The predicted octanol–water partition coefficient (Wildman–Crippen LogP) is 4.18. The van der Waals surface area contributed by atoms with Gasteiger partial charge in [0.2, 0.25) is 5.91 Å². The standard InChI is InChI=1S/C18H16F2N2O3S/c1-10(2)25-18(24)15-7-11-5-6-26-17(11)22(15)9-16(23)21-14-8-12(19)3-4-13(14)20/h3-8,10H,9H2,1-2H3,(H,21,23). The molecule has 0 spiro atoms. The van der Waals surface area contributed by atoms with Crippen LogP contribution in [0, 0.1) is 11.6 Å². The number of halogens is 2. The Hall–Kier alpha value is -2.74. The van der Waals surface area contributed by atoms with Gasteiger partial charge in [0.1, 0.15) is 28.7 Å². The Morgan fingerprint density at radius 2 is 2.00 bits per heavy atom. The maximum absolute atomic E-state index is 13.7. The number of thiophene rings is 1. The Labute approximate surface area is 152 Å². The van der Waals surface area contributed by atoms with E-state index in [0.717, 1.165) is 28.4 Å². The van der Waals surface area contributed by atoms with Crippen molar-refractivity contribution in [2.24, 2.45) is 0 Å². The number of amides is 1. The molecule has 3 aromatic rings. The minimum Gasteiger partial charge on any atom is -0.458 e. The molecule has 0 saturated heterocycles. The van der Waals surface area contributed by atoms with Crippen LogP contribution in [0.3, 0.4) is 0 Å². The second-order valence-electron chi connectivity index (χ2n) is 5.92. The summed E-state index contributed by atoms with van der Waals surface area (Å²) in [7, 11) is 0. The van der Waals surface area contributed by atoms with E-state index in [0.29, 0.717) is 0 Å². The Kier molecular flexibility index (Phi) is 5.03. The van der Waals surface area contributed by atoms with E-state index in [1.165, 1.54) is 15.9 Å². The van der Waals surface area contributed by atoms with Gasteiger partial charge in [-0.1, -0.05) is 0 Å². The molecule has 8 heteroatoms. The molecule has 0 radical (unpaired) electrons. The van der Waals surface area contributed by atoms with E-state index in [1.807, 2.05) is 11.4 Å². The van der Waals surface area contributed by atoms with Gasteiger partial charge in [0, 0.05) is 11.5 Å². The van der Waals surface area contributed by atoms with Crippen molar-refractivity contribution in [1.29, 1.82) is 0 Å². The van der Waals surface area contributed by atoms with E-state index in [2.05, 4.69) is 5.32 Å². The molecule has 26 heavy (non-hydrogen) atoms. The van der Waals surface area contributed by atoms with Crippen molar-refractivity contribution >= 4 is 39.1 Å². The number of esters is 1. The van der Waals surface area contributed by atoms with Crippen molar-refractivity contribution in [3.8, 4) is 0 Å². The topological polar surface area (TPSA) is 60.3 Å². The number of hydrogen-bond acceptors (Lipinski definition) is 4. The summed E-state index contributed by atoms with van der Waals surface area (Å²) in [5, 5.41) is 4.97. The normalized spacial score (nSPS) is 11.1. The number of carbonyl (C=O) groups is 2. The van der Waals surface area contributed by atoms with Gasteiger partial charge in [0.15, 0.2) is 0 Å². The van der Waals surface area contributed by atoms with Crippen molar-refractivity contribution in [1.82, 2.24) is 4.57 Å². The number of carbonyl (C=O) groups excluding carboxylic acids is 2. The van der Waals surface area contributed by atoms with Crippen LogP contribution in [0.2, 0.25) is 0 Å². The molecule has 0 aliphatic carbocycles. The molecule has 0 bridgehead atoms. The molecule has 3 rings (SSSR count). The van der Waals surface area contributed by atoms with Crippen LogP contribution in [-0.4, -0.2) is 22.5 Å². The van der Waals surface area contributed by atoms with Crippen molar-refractivity contribution in [3.63, 3.8) is 0 Å². The average molecular weight is 378 g/mol. The van der Waals surface area contributed by atoms with E-state index >= 15 is 0 Å². The number of benzene rings is 1. The second kappa shape index (κ2) is 7.25. The molecule has 136 valence electrons.